The molecule has 0 spiro atoms. The van der Waals surface area contributed by atoms with Gasteiger partial charge < -0.3 is 21.0 Å². The largest absolute Gasteiger partial charge is 0.496 e. The lowest BCUT2D eigenvalue weighted by molar-refractivity contribution is 0.0950. The van der Waals surface area contributed by atoms with E-state index in [0.29, 0.717) is 30.7 Å². The van der Waals surface area contributed by atoms with E-state index < -0.39 is 0 Å². The number of amidine groups is 1. The monoisotopic (exact) mass is 251 g/mol. The van der Waals surface area contributed by atoms with E-state index >= 15 is 0 Å². The molecule has 0 aliphatic rings. The number of carbonyl (C=O) groups is 1. The van der Waals surface area contributed by atoms with Crippen molar-refractivity contribution in [1.29, 1.82) is 0 Å². The lowest BCUT2D eigenvalue weighted by Crippen LogP contribution is -2.26. The standard InChI is InChI=1S/C12H17N3O3/c1-18-10-6-3-2-5-9(10)12(16)14-8-4-7-11(13)15-17/h2-3,5-6,17H,4,7-8H2,1H3,(H2,13,15)(H,14,16). The number of nitrogens with one attached hydrogen (secondary N) is 1. The van der Waals surface area contributed by atoms with Crippen molar-refractivity contribution in [2.45, 2.75) is 12.8 Å². The highest BCUT2D eigenvalue weighted by atomic mass is 16.5. The highest BCUT2D eigenvalue weighted by molar-refractivity contribution is 5.96. The Morgan fingerprint density at radius 1 is 1.50 bits per heavy atom. The van der Waals surface area contributed by atoms with Crippen LogP contribution in [0.15, 0.2) is 29.4 Å². The predicted octanol–water partition coefficient (Wildman–Crippen LogP) is 0.952. The molecule has 6 nitrogen and oxygen atoms in total. The number of ether oxygens (including phenoxy) is 1. The van der Waals surface area contributed by atoms with Crippen LogP contribution >= 0.6 is 0 Å². The van der Waals surface area contributed by atoms with Crippen molar-refractivity contribution in [2.75, 3.05) is 13.7 Å². The molecule has 0 saturated heterocycles. The van der Waals surface area contributed by atoms with Crippen molar-refractivity contribution < 1.29 is 14.7 Å². The molecule has 0 aliphatic heterocycles. The van der Waals surface area contributed by atoms with E-state index in [0.717, 1.165) is 0 Å². The maximum absolute atomic E-state index is 11.8. The Morgan fingerprint density at radius 3 is 2.89 bits per heavy atom. The number of nitrogens with zero attached hydrogens (tertiary/aromatic N) is 1. The summed E-state index contributed by atoms with van der Waals surface area (Å²) in [6.45, 7) is 0.451. The Hall–Kier alpha value is -2.24. The maximum atomic E-state index is 11.8. The first-order valence-electron chi connectivity index (χ1n) is 5.56. The van der Waals surface area contributed by atoms with Crippen molar-refractivity contribution in [1.82, 2.24) is 5.32 Å². The quantitative estimate of drug-likeness (QED) is 0.230. The number of benzene rings is 1. The van der Waals surface area contributed by atoms with Gasteiger partial charge in [-0.25, -0.2) is 0 Å². The van der Waals surface area contributed by atoms with Gasteiger partial charge in [0.15, 0.2) is 0 Å². The van der Waals surface area contributed by atoms with Gasteiger partial charge in [0, 0.05) is 13.0 Å². The summed E-state index contributed by atoms with van der Waals surface area (Å²) in [6.07, 6.45) is 1.04. The number of hydrogen-bond acceptors (Lipinski definition) is 4. The Labute approximate surface area is 105 Å². The van der Waals surface area contributed by atoms with E-state index in [1.165, 1.54) is 7.11 Å². The lowest BCUT2D eigenvalue weighted by atomic mass is 10.2. The zero-order valence-corrected chi connectivity index (χ0v) is 10.2. The first-order chi connectivity index (χ1) is 8.69. The summed E-state index contributed by atoms with van der Waals surface area (Å²) in [4.78, 5) is 11.8. The van der Waals surface area contributed by atoms with E-state index in [-0.39, 0.29) is 11.7 Å². The summed E-state index contributed by atoms with van der Waals surface area (Å²) < 4.78 is 5.10. The van der Waals surface area contributed by atoms with Crippen LogP contribution in [-0.2, 0) is 0 Å². The predicted molar refractivity (Wildman–Crippen MR) is 68.0 cm³/mol. The molecule has 0 atom stereocenters. The van der Waals surface area contributed by atoms with Gasteiger partial charge in [-0.05, 0) is 18.6 Å². The number of para-hydroxylation sites is 1. The molecule has 0 bridgehead atoms. The average molecular weight is 251 g/mol. The van der Waals surface area contributed by atoms with Gasteiger partial charge in [0.05, 0.1) is 12.7 Å². The number of rotatable bonds is 6. The maximum Gasteiger partial charge on any atom is 0.255 e. The highest BCUT2D eigenvalue weighted by Gasteiger charge is 2.10. The summed E-state index contributed by atoms with van der Waals surface area (Å²) in [7, 11) is 1.52. The van der Waals surface area contributed by atoms with Gasteiger partial charge in [0.1, 0.15) is 11.6 Å². The number of methoxy groups -OCH3 is 1. The van der Waals surface area contributed by atoms with Crippen molar-refractivity contribution in [3.05, 3.63) is 29.8 Å². The minimum absolute atomic E-state index is 0.154. The average Bonchev–Trinajstić information content (AvgIpc) is 2.42. The summed E-state index contributed by atoms with van der Waals surface area (Å²) in [5.41, 5.74) is 5.80. The van der Waals surface area contributed by atoms with E-state index in [1.807, 2.05) is 0 Å². The Balaban J connectivity index is 2.46. The van der Waals surface area contributed by atoms with E-state index in [9.17, 15) is 4.79 Å². The lowest BCUT2D eigenvalue weighted by Gasteiger charge is -2.08. The van der Waals surface area contributed by atoms with E-state index in [4.69, 9.17) is 15.7 Å². The Kier molecular flexibility index (Phi) is 5.50. The topological polar surface area (TPSA) is 96.9 Å². The van der Waals surface area contributed by atoms with Crippen molar-refractivity contribution in [3.63, 3.8) is 0 Å². The third-order valence-corrected chi connectivity index (χ3v) is 2.38. The Morgan fingerprint density at radius 2 is 2.22 bits per heavy atom. The van der Waals surface area contributed by atoms with Crippen LogP contribution in [0.3, 0.4) is 0 Å². The fourth-order valence-corrected chi connectivity index (χ4v) is 1.45. The molecule has 98 valence electrons. The molecule has 1 aromatic carbocycles. The molecule has 1 aromatic rings. The number of nitrogens with two attached hydrogens (primary N) is 1. The second kappa shape index (κ2) is 7.16. The number of oxime groups is 1. The van der Waals surface area contributed by atoms with Gasteiger partial charge in [0.25, 0.3) is 5.91 Å². The SMILES string of the molecule is COc1ccccc1C(=O)NCCC/C(N)=N/O. The summed E-state index contributed by atoms with van der Waals surface area (Å²) >= 11 is 0. The molecule has 0 unspecified atom stereocenters. The van der Waals surface area contributed by atoms with Crippen LogP contribution < -0.4 is 15.8 Å². The molecule has 0 heterocycles. The molecule has 4 N–H and O–H groups in total. The third kappa shape index (κ3) is 3.97. The molecule has 0 aliphatic carbocycles. The fourth-order valence-electron chi connectivity index (χ4n) is 1.45. The van der Waals surface area contributed by atoms with Crippen LogP contribution in [-0.4, -0.2) is 30.6 Å². The molecule has 0 fully saturated rings. The van der Waals surface area contributed by atoms with Crippen LogP contribution in [0.1, 0.15) is 23.2 Å². The zero-order chi connectivity index (χ0) is 13.4. The molecule has 6 heteroatoms. The molecular formula is C12H17N3O3. The zero-order valence-electron chi connectivity index (χ0n) is 10.2. The van der Waals surface area contributed by atoms with Gasteiger partial charge in [-0.2, -0.15) is 0 Å². The summed E-state index contributed by atoms with van der Waals surface area (Å²) in [5.74, 6) is 0.486. The van der Waals surface area contributed by atoms with Crippen LogP contribution in [0.25, 0.3) is 0 Å². The second-order valence-electron chi connectivity index (χ2n) is 3.65. The molecule has 0 aromatic heterocycles. The molecule has 0 radical (unpaired) electrons. The molecular weight excluding hydrogens is 234 g/mol. The van der Waals surface area contributed by atoms with Gasteiger partial charge >= 0.3 is 0 Å². The van der Waals surface area contributed by atoms with Gasteiger partial charge in [-0.3, -0.25) is 4.79 Å². The molecule has 18 heavy (non-hydrogen) atoms. The minimum Gasteiger partial charge on any atom is -0.496 e. The van der Waals surface area contributed by atoms with Crippen molar-refractivity contribution >= 4 is 11.7 Å². The first kappa shape index (κ1) is 13.8. The minimum atomic E-state index is -0.202. The van der Waals surface area contributed by atoms with Crippen LogP contribution in [0.2, 0.25) is 0 Å². The van der Waals surface area contributed by atoms with Gasteiger partial charge in [0.2, 0.25) is 0 Å². The van der Waals surface area contributed by atoms with Crippen LogP contribution in [0, 0.1) is 0 Å². The number of carbonyl (C=O) groups excluding carboxylic acids is 1. The molecule has 1 amide bonds. The van der Waals surface area contributed by atoms with Crippen LogP contribution in [0.5, 0.6) is 5.75 Å². The number of amides is 1. The van der Waals surface area contributed by atoms with Crippen LogP contribution in [0.4, 0.5) is 0 Å². The van der Waals surface area contributed by atoms with Crippen molar-refractivity contribution in [3.8, 4) is 5.75 Å². The number of hydrogen-bond donors (Lipinski definition) is 3. The molecule has 1 rings (SSSR count). The van der Waals surface area contributed by atoms with Gasteiger partial charge in [-0.15, -0.1) is 0 Å². The normalized spacial score (nSPS) is 11.1. The summed E-state index contributed by atoms with van der Waals surface area (Å²) in [5, 5.41) is 13.9. The van der Waals surface area contributed by atoms with Crippen molar-refractivity contribution in [2.24, 2.45) is 10.9 Å². The first-order valence-corrected chi connectivity index (χ1v) is 5.56. The fraction of sp³-hybridized carbons (Fsp3) is 0.333. The Bertz CT molecular complexity index is 432. The highest BCUT2D eigenvalue weighted by Crippen LogP contribution is 2.16. The summed E-state index contributed by atoms with van der Waals surface area (Å²) in [6, 6.07) is 6.99. The van der Waals surface area contributed by atoms with Gasteiger partial charge in [-0.1, -0.05) is 17.3 Å². The van der Waals surface area contributed by atoms with E-state index in [2.05, 4.69) is 10.5 Å². The van der Waals surface area contributed by atoms with E-state index in [1.54, 1.807) is 24.3 Å². The molecule has 0 saturated carbocycles. The second-order valence-corrected chi connectivity index (χ2v) is 3.65. The smallest absolute Gasteiger partial charge is 0.255 e. The third-order valence-electron chi connectivity index (χ3n) is 2.38.